The minimum atomic E-state index is -1.31. The molecule has 0 unspecified atom stereocenters. The normalized spacial score (nSPS) is 37.9. The van der Waals surface area contributed by atoms with Crippen molar-refractivity contribution in [3.05, 3.63) is 0 Å². The number of hydrogen-bond acceptors (Lipinski definition) is 4. The second kappa shape index (κ2) is 2.48. The zero-order valence-corrected chi connectivity index (χ0v) is 7.67. The maximum absolute atomic E-state index is 10.9. The lowest BCUT2D eigenvalue weighted by atomic mass is 10.3. The van der Waals surface area contributed by atoms with E-state index in [0.29, 0.717) is 0 Å². The topological polar surface area (TPSA) is 52.6 Å². The van der Waals surface area contributed by atoms with Crippen molar-refractivity contribution in [3.8, 4) is 0 Å². The lowest BCUT2D eigenvalue weighted by Crippen LogP contribution is -2.47. The smallest absolute Gasteiger partial charge is 0.362 e. The van der Waals surface area contributed by atoms with Gasteiger partial charge in [-0.1, -0.05) is 0 Å². The van der Waals surface area contributed by atoms with E-state index >= 15 is 0 Å². The number of ether oxygens (including phenoxy) is 2. The van der Waals surface area contributed by atoms with Gasteiger partial charge in [0.05, 0.1) is 0 Å². The molecule has 1 rings (SSSR count). The fourth-order valence-electron chi connectivity index (χ4n) is 0.627. The second-order valence-electron chi connectivity index (χ2n) is 2.39. The average molecular weight is 223 g/mol. The molecule has 1 saturated heterocycles. The molecule has 0 amide bonds. The minimum absolute atomic E-state index is 0.538. The van der Waals surface area contributed by atoms with Crippen molar-refractivity contribution in [1.82, 2.24) is 0 Å². The summed E-state index contributed by atoms with van der Waals surface area (Å²) in [5.41, 5.74) is 0. The van der Waals surface area contributed by atoms with Crippen LogP contribution in [0.5, 0.6) is 0 Å². The van der Waals surface area contributed by atoms with Gasteiger partial charge in [-0.25, -0.2) is 9.59 Å². The van der Waals surface area contributed by atoms with Crippen LogP contribution in [0.1, 0.15) is 13.8 Å². The van der Waals surface area contributed by atoms with Crippen LogP contribution in [0.3, 0.4) is 0 Å². The highest BCUT2D eigenvalue weighted by Crippen LogP contribution is 2.26. The molecule has 0 saturated carbocycles. The van der Waals surface area contributed by atoms with Gasteiger partial charge in [0.15, 0.2) is 6.10 Å². The van der Waals surface area contributed by atoms with Crippen LogP contribution in [0, 0.1) is 0 Å². The number of halogens is 1. The highest BCUT2D eigenvalue weighted by atomic mass is 79.9. The zero-order valence-electron chi connectivity index (χ0n) is 6.09. The van der Waals surface area contributed by atoms with E-state index in [9.17, 15) is 9.59 Å². The van der Waals surface area contributed by atoms with Crippen LogP contribution in [-0.4, -0.2) is 22.6 Å². The van der Waals surface area contributed by atoms with Gasteiger partial charge in [0.2, 0.25) is 0 Å². The molecule has 1 heterocycles. The Kier molecular flexibility index (Phi) is 1.92. The van der Waals surface area contributed by atoms with Crippen LogP contribution in [0.4, 0.5) is 0 Å². The Morgan fingerprint density at radius 3 is 2.55 bits per heavy atom. The first-order valence-corrected chi connectivity index (χ1v) is 3.85. The van der Waals surface area contributed by atoms with Gasteiger partial charge in [-0.3, -0.25) is 0 Å². The first-order chi connectivity index (χ1) is 4.93. The third kappa shape index (κ3) is 1.53. The molecule has 1 aliphatic rings. The van der Waals surface area contributed by atoms with Crippen molar-refractivity contribution in [2.45, 2.75) is 24.5 Å². The molecule has 0 aromatic heterocycles. The van der Waals surface area contributed by atoms with E-state index in [4.69, 9.17) is 4.74 Å². The number of alkyl halides is 1. The standard InChI is InChI=1S/C6H7BrO4/c1-3-4(8)11-6(2,7)5(9)10-3/h3H,1-2H3/t3-,6-/m0/s1. The van der Waals surface area contributed by atoms with Gasteiger partial charge in [0.25, 0.3) is 4.51 Å². The highest BCUT2D eigenvalue weighted by Gasteiger charge is 2.44. The van der Waals surface area contributed by atoms with Crippen LogP contribution in [0.25, 0.3) is 0 Å². The number of esters is 2. The molecule has 5 heteroatoms. The van der Waals surface area contributed by atoms with Crippen LogP contribution < -0.4 is 0 Å². The average Bonchev–Trinajstić information content (AvgIpc) is 1.83. The summed E-state index contributed by atoms with van der Waals surface area (Å²) < 4.78 is 8.05. The summed E-state index contributed by atoms with van der Waals surface area (Å²) in [5, 5.41) is 0. The predicted octanol–water partition coefficient (Wildman–Crippen LogP) is 0.586. The van der Waals surface area contributed by atoms with Crippen molar-refractivity contribution < 1.29 is 19.1 Å². The van der Waals surface area contributed by atoms with Crippen molar-refractivity contribution in [3.63, 3.8) is 0 Å². The molecule has 0 radical (unpaired) electrons. The molecule has 0 aromatic carbocycles. The van der Waals surface area contributed by atoms with Crippen molar-refractivity contribution in [2.75, 3.05) is 0 Å². The largest absolute Gasteiger partial charge is 0.447 e. The Morgan fingerprint density at radius 1 is 1.55 bits per heavy atom. The molecule has 0 aliphatic carbocycles. The summed E-state index contributed by atoms with van der Waals surface area (Å²) in [6.07, 6.45) is -0.798. The Balaban J connectivity index is 2.79. The first kappa shape index (κ1) is 8.52. The quantitative estimate of drug-likeness (QED) is 0.445. The van der Waals surface area contributed by atoms with Gasteiger partial charge < -0.3 is 9.47 Å². The van der Waals surface area contributed by atoms with Crippen molar-refractivity contribution >= 4 is 27.9 Å². The molecule has 1 fully saturated rings. The zero-order chi connectivity index (χ0) is 8.65. The fourth-order valence-corrected chi connectivity index (χ4v) is 0.880. The number of carbonyl (C=O) groups is 2. The van der Waals surface area contributed by atoms with Gasteiger partial charge in [0, 0.05) is 0 Å². The predicted molar refractivity (Wildman–Crippen MR) is 39.0 cm³/mol. The Labute approximate surface area is 72.0 Å². The third-order valence-corrected chi connectivity index (χ3v) is 1.76. The molecule has 62 valence electrons. The molecular formula is C6H7BrO4. The fraction of sp³-hybridized carbons (Fsp3) is 0.667. The summed E-state index contributed by atoms with van der Waals surface area (Å²) in [5.74, 6) is -1.12. The molecule has 2 atom stereocenters. The molecular weight excluding hydrogens is 216 g/mol. The van der Waals surface area contributed by atoms with Crippen molar-refractivity contribution in [2.24, 2.45) is 0 Å². The first-order valence-electron chi connectivity index (χ1n) is 3.06. The van der Waals surface area contributed by atoms with Crippen molar-refractivity contribution in [1.29, 1.82) is 0 Å². The maximum atomic E-state index is 10.9. The number of rotatable bonds is 0. The molecule has 4 nitrogen and oxygen atoms in total. The lowest BCUT2D eigenvalue weighted by Gasteiger charge is -2.28. The van der Waals surface area contributed by atoms with Gasteiger partial charge in [-0.05, 0) is 29.8 Å². The molecule has 11 heavy (non-hydrogen) atoms. The van der Waals surface area contributed by atoms with E-state index in [1.807, 2.05) is 0 Å². The summed E-state index contributed by atoms with van der Waals surface area (Å²) >= 11 is 2.91. The van der Waals surface area contributed by atoms with E-state index in [0.717, 1.165) is 0 Å². The molecule has 1 aliphatic heterocycles. The molecule has 0 N–H and O–H groups in total. The van der Waals surface area contributed by atoms with E-state index in [1.165, 1.54) is 13.8 Å². The number of hydrogen-bond donors (Lipinski definition) is 0. The Bertz CT molecular complexity index is 211. The highest BCUT2D eigenvalue weighted by molar-refractivity contribution is 9.10. The van der Waals surface area contributed by atoms with Gasteiger partial charge in [-0.15, -0.1) is 0 Å². The van der Waals surface area contributed by atoms with E-state index in [1.54, 1.807) is 0 Å². The number of cyclic esters (lactones) is 2. The minimum Gasteiger partial charge on any atom is -0.447 e. The summed E-state index contributed by atoms with van der Waals surface area (Å²) in [6, 6.07) is 0. The third-order valence-electron chi connectivity index (χ3n) is 1.27. The maximum Gasteiger partial charge on any atom is 0.362 e. The Morgan fingerprint density at radius 2 is 2.09 bits per heavy atom. The second-order valence-corrected chi connectivity index (χ2v) is 3.90. The van der Waals surface area contributed by atoms with E-state index in [-0.39, 0.29) is 0 Å². The molecule has 0 aromatic rings. The lowest BCUT2D eigenvalue weighted by molar-refractivity contribution is -0.195. The summed E-state index contributed by atoms with van der Waals surface area (Å²) in [6.45, 7) is 2.88. The van der Waals surface area contributed by atoms with Crippen LogP contribution >= 0.6 is 15.9 Å². The van der Waals surface area contributed by atoms with Gasteiger partial charge in [0.1, 0.15) is 0 Å². The van der Waals surface area contributed by atoms with Gasteiger partial charge in [-0.2, -0.15) is 0 Å². The van der Waals surface area contributed by atoms with E-state index < -0.39 is 22.6 Å². The SMILES string of the molecule is C[C@@H]1OC(=O)[C@@](C)(Br)OC1=O. The Hall–Kier alpha value is -0.580. The van der Waals surface area contributed by atoms with Crippen LogP contribution in [0.15, 0.2) is 0 Å². The molecule has 0 spiro atoms. The molecule has 0 bridgehead atoms. The number of carbonyl (C=O) groups excluding carboxylic acids is 2. The van der Waals surface area contributed by atoms with Crippen LogP contribution in [0.2, 0.25) is 0 Å². The van der Waals surface area contributed by atoms with Crippen LogP contribution in [-0.2, 0) is 19.1 Å². The van der Waals surface area contributed by atoms with E-state index in [2.05, 4.69) is 20.7 Å². The van der Waals surface area contributed by atoms with Gasteiger partial charge >= 0.3 is 11.9 Å². The monoisotopic (exact) mass is 222 g/mol. The summed E-state index contributed by atoms with van der Waals surface area (Å²) in [4.78, 5) is 21.8. The summed E-state index contributed by atoms with van der Waals surface area (Å²) in [7, 11) is 0.